The average Bonchev–Trinajstić information content (AvgIpc) is 2.80. The summed E-state index contributed by atoms with van der Waals surface area (Å²) in [5.74, 6) is 0.838. The van der Waals surface area contributed by atoms with E-state index in [1.54, 1.807) is 11.3 Å². The Morgan fingerprint density at radius 1 is 1.35 bits per heavy atom. The van der Waals surface area contributed by atoms with Crippen LogP contribution >= 0.6 is 46.9 Å². The van der Waals surface area contributed by atoms with E-state index in [-0.39, 0.29) is 24.0 Å². The van der Waals surface area contributed by atoms with E-state index < -0.39 is 0 Å². The van der Waals surface area contributed by atoms with Gasteiger partial charge in [0.05, 0.1) is 17.5 Å². The number of rotatable bonds is 8. The van der Waals surface area contributed by atoms with Crippen LogP contribution in [-0.2, 0) is 11.2 Å². The van der Waals surface area contributed by atoms with Crippen molar-refractivity contribution in [2.75, 3.05) is 32.8 Å². The van der Waals surface area contributed by atoms with E-state index >= 15 is 0 Å². The Labute approximate surface area is 147 Å². The number of hydrogen-bond acceptors (Lipinski definition) is 3. The second-order valence-corrected chi connectivity index (χ2v) is 5.64. The zero-order valence-electron chi connectivity index (χ0n) is 11.9. The molecule has 0 spiro atoms. The number of nitrogens with one attached hydrogen (secondary N) is 2. The Morgan fingerprint density at radius 3 is 2.75 bits per heavy atom. The highest BCUT2D eigenvalue weighted by Crippen LogP contribution is 2.21. The lowest BCUT2D eigenvalue weighted by molar-refractivity contribution is 0.155. The molecule has 1 aromatic rings. The van der Waals surface area contributed by atoms with Gasteiger partial charge in [-0.05, 0) is 32.4 Å². The highest BCUT2D eigenvalue weighted by atomic mass is 127. The van der Waals surface area contributed by atoms with Crippen LogP contribution in [0.25, 0.3) is 0 Å². The molecule has 4 nitrogen and oxygen atoms in total. The third-order valence-electron chi connectivity index (χ3n) is 2.35. The predicted molar refractivity (Wildman–Crippen MR) is 98.9 cm³/mol. The molecular formula is C13H23ClIN3OS. The van der Waals surface area contributed by atoms with Crippen molar-refractivity contribution in [1.82, 2.24) is 10.6 Å². The van der Waals surface area contributed by atoms with Gasteiger partial charge in [0.1, 0.15) is 0 Å². The van der Waals surface area contributed by atoms with E-state index in [1.807, 2.05) is 13.0 Å². The molecule has 0 aliphatic heterocycles. The number of hydrogen-bond donors (Lipinski definition) is 2. The topological polar surface area (TPSA) is 45.7 Å². The third-order valence-corrected chi connectivity index (χ3v) is 3.64. The van der Waals surface area contributed by atoms with Gasteiger partial charge in [-0.1, -0.05) is 11.6 Å². The summed E-state index contributed by atoms with van der Waals surface area (Å²) in [6.45, 7) is 7.81. The van der Waals surface area contributed by atoms with Gasteiger partial charge in [0, 0.05) is 24.6 Å². The van der Waals surface area contributed by atoms with E-state index in [1.165, 1.54) is 4.88 Å². The van der Waals surface area contributed by atoms with Gasteiger partial charge in [-0.15, -0.1) is 35.3 Å². The molecule has 0 radical (unpaired) electrons. The maximum absolute atomic E-state index is 5.90. The number of halogens is 2. The molecule has 1 rings (SSSR count). The van der Waals surface area contributed by atoms with Crippen molar-refractivity contribution >= 4 is 52.9 Å². The Kier molecular flexibility index (Phi) is 12.6. The molecule has 0 amide bonds. The molecule has 1 heterocycles. The lowest BCUT2D eigenvalue weighted by Crippen LogP contribution is -2.38. The molecule has 116 valence electrons. The van der Waals surface area contributed by atoms with Gasteiger partial charge in [-0.2, -0.15) is 0 Å². The van der Waals surface area contributed by atoms with E-state index in [9.17, 15) is 0 Å². The van der Waals surface area contributed by atoms with Crippen LogP contribution in [0.5, 0.6) is 0 Å². The molecule has 0 aliphatic carbocycles. The average molecular weight is 432 g/mol. The van der Waals surface area contributed by atoms with Crippen molar-refractivity contribution in [2.24, 2.45) is 4.99 Å². The SMILES string of the molecule is CCNC(=NCCOCC)NCCc1ccc(Cl)s1.I. The molecule has 0 aliphatic rings. The predicted octanol–water partition coefficient (Wildman–Crippen LogP) is 3.15. The largest absolute Gasteiger partial charge is 0.380 e. The molecule has 0 atom stereocenters. The number of thiophene rings is 1. The van der Waals surface area contributed by atoms with Crippen molar-refractivity contribution in [3.63, 3.8) is 0 Å². The second kappa shape index (κ2) is 12.7. The Balaban J connectivity index is 0.00000361. The summed E-state index contributed by atoms with van der Waals surface area (Å²) in [6.07, 6.45) is 0.952. The van der Waals surface area contributed by atoms with Crippen LogP contribution in [0.1, 0.15) is 18.7 Å². The van der Waals surface area contributed by atoms with Crippen molar-refractivity contribution in [3.05, 3.63) is 21.3 Å². The standard InChI is InChI=1S/C13H22ClN3OS.HI/c1-3-15-13(17-9-10-18-4-2)16-8-7-11-5-6-12(14)19-11;/h5-6H,3-4,7-10H2,1-2H3,(H2,15,16,17);1H. The number of guanidine groups is 1. The summed E-state index contributed by atoms with van der Waals surface area (Å²) >= 11 is 7.52. The zero-order chi connectivity index (χ0) is 13.9. The van der Waals surface area contributed by atoms with Gasteiger partial charge in [0.15, 0.2) is 5.96 Å². The lowest BCUT2D eigenvalue weighted by atomic mass is 10.3. The molecule has 0 bridgehead atoms. The second-order valence-electron chi connectivity index (χ2n) is 3.84. The molecule has 1 aromatic heterocycles. The van der Waals surface area contributed by atoms with Gasteiger partial charge >= 0.3 is 0 Å². The number of aliphatic imine (C=N–C) groups is 1. The first kappa shape index (κ1) is 19.9. The van der Waals surface area contributed by atoms with Crippen molar-refractivity contribution in [2.45, 2.75) is 20.3 Å². The van der Waals surface area contributed by atoms with E-state index in [0.717, 1.165) is 36.4 Å². The first-order chi connectivity index (χ1) is 9.26. The first-order valence-electron chi connectivity index (χ1n) is 6.60. The molecule has 0 saturated heterocycles. The fourth-order valence-corrected chi connectivity index (χ4v) is 2.59. The quantitative estimate of drug-likeness (QED) is 0.288. The van der Waals surface area contributed by atoms with Crippen LogP contribution in [0.15, 0.2) is 17.1 Å². The fourth-order valence-electron chi connectivity index (χ4n) is 1.50. The minimum absolute atomic E-state index is 0. The molecule has 20 heavy (non-hydrogen) atoms. The van der Waals surface area contributed by atoms with Crippen LogP contribution < -0.4 is 10.6 Å². The van der Waals surface area contributed by atoms with E-state index in [2.05, 4.69) is 28.6 Å². The number of ether oxygens (including phenoxy) is 1. The normalized spacial score (nSPS) is 11.1. The summed E-state index contributed by atoms with van der Waals surface area (Å²) in [7, 11) is 0. The van der Waals surface area contributed by atoms with Crippen molar-refractivity contribution < 1.29 is 4.74 Å². The maximum Gasteiger partial charge on any atom is 0.191 e. The molecule has 0 fully saturated rings. The summed E-state index contributed by atoms with van der Waals surface area (Å²) < 4.78 is 6.10. The van der Waals surface area contributed by atoms with Gasteiger partial charge in [0.25, 0.3) is 0 Å². The van der Waals surface area contributed by atoms with Crippen molar-refractivity contribution in [3.8, 4) is 0 Å². The number of nitrogens with zero attached hydrogens (tertiary/aromatic N) is 1. The molecule has 0 aromatic carbocycles. The minimum atomic E-state index is 0. The first-order valence-corrected chi connectivity index (χ1v) is 7.79. The van der Waals surface area contributed by atoms with Gasteiger partial charge < -0.3 is 15.4 Å². The molecule has 0 saturated carbocycles. The van der Waals surface area contributed by atoms with Crippen LogP contribution in [-0.4, -0.2) is 38.8 Å². The van der Waals surface area contributed by atoms with E-state index in [4.69, 9.17) is 16.3 Å². The summed E-state index contributed by atoms with van der Waals surface area (Å²) in [5.41, 5.74) is 0. The lowest BCUT2D eigenvalue weighted by Gasteiger charge is -2.10. The Morgan fingerprint density at radius 2 is 2.15 bits per heavy atom. The van der Waals surface area contributed by atoms with Crippen molar-refractivity contribution in [1.29, 1.82) is 0 Å². The molecular weight excluding hydrogens is 409 g/mol. The third kappa shape index (κ3) is 8.99. The monoisotopic (exact) mass is 431 g/mol. The summed E-state index contributed by atoms with van der Waals surface area (Å²) in [5, 5.41) is 6.51. The Bertz CT molecular complexity index is 387. The van der Waals surface area contributed by atoms with Gasteiger partial charge in [0.2, 0.25) is 0 Å². The van der Waals surface area contributed by atoms with Gasteiger partial charge in [-0.3, -0.25) is 4.99 Å². The van der Waals surface area contributed by atoms with Gasteiger partial charge in [-0.25, -0.2) is 0 Å². The highest BCUT2D eigenvalue weighted by Gasteiger charge is 2.00. The molecule has 0 unspecified atom stereocenters. The zero-order valence-corrected chi connectivity index (χ0v) is 15.9. The highest BCUT2D eigenvalue weighted by molar-refractivity contribution is 14.0. The van der Waals surface area contributed by atoms with E-state index in [0.29, 0.717) is 13.2 Å². The summed E-state index contributed by atoms with van der Waals surface area (Å²) in [4.78, 5) is 5.71. The molecule has 7 heteroatoms. The Hall–Kier alpha value is -0.0500. The van der Waals surface area contributed by atoms with Crippen LogP contribution in [0.4, 0.5) is 0 Å². The minimum Gasteiger partial charge on any atom is -0.380 e. The molecule has 2 N–H and O–H groups in total. The summed E-state index contributed by atoms with van der Waals surface area (Å²) in [6, 6.07) is 4.00. The maximum atomic E-state index is 5.90. The van der Waals surface area contributed by atoms with Crippen LogP contribution in [0.2, 0.25) is 4.34 Å². The van der Waals surface area contributed by atoms with Crippen LogP contribution in [0, 0.1) is 0 Å². The smallest absolute Gasteiger partial charge is 0.191 e. The fraction of sp³-hybridized carbons (Fsp3) is 0.615. The van der Waals surface area contributed by atoms with Crippen LogP contribution in [0.3, 0.4) is 0 Å².